The van der Waals surface area contributed by atoms with E-state index in [0.29, 0.717) is 6.07 Å². The predicted octanol–water partition coefficient (Wildman–Crippen LogP) is 2.63. The van der Waals surface area contributed by atoms with E-state index in [2.05, 4.69) is 9.97 Å². The van der Waals surface area contributed by atoms with Crippen molar-refractivity contribution in [1.82, 2.24) is 9.97 Å². The van der Waals surface area contributed by atoms with Gasteiger partial charge < -0.3 is 4.98 Å². The summed E-state index contributed by atoms with van der Waals surface area (Å²) in [5, 5.41) is 0. The SMILES string of the molecule is Fc1cc(-c2ncc[nH]2)c(F)c(F)c1F. The molecule has 0 unspecified atom stereocenters. The number of benzene rings is 1. The van der Waals surface area contributed by atoms with Gasteiger partial charge in [0.05, 0.1) is 5.56 Å². The Morgan fingerprint density at radius 3 is 2.33 bits per heavy atom. The zero-order valence-electron chi connectivity index (χ0n) is 7.19. The fraction of sp³-hybridized carbons (Fsp3) is 0. The largest absolute Gasteiger partial charge is 0.345 e. The monoisotopic (exact) mass is 216 g/mol. The Bertz CT molecular complexity index is 493. The number of aromatic nitrogens is 2. The molecule has 0 atom stereocenters. The highest BCUT2D eigenvalue weighted by molar-refractivity contribution is 5.56. The lowest BCUT2D eigenvalue weighted by atomic mass is 10.2. The van der Waals surface area contributed by atoms with Crippen LogP contribution in [0.1, 0.15) is 0 Å². The smallest absolute Gasteiger partial charge is 0.198 e. The molecule has 0 amide bonds. The van der Waals surface area contributed by atoms with E-state index < -0.39 is 28.8 Å². The zero-order chi connectivity index (χ0) is 11.0. The first-order valence-corrected chi connectivity index (χ1v) is 3.94. The van der Waals surface area contributed by atoms with Crippen LogP contribution in [0.5, 0.6) is 0 Å². The Labute approximate surface area is 81.6 Å². The molecular weight excluding hydrogens is 212 g/mol. The molecule has 0 aliphatic rings. The normalized spacial score (nSPS) is 10.7. The fourth-order valence-corrected chi connectivity index (χ4v) is 1.16. The highest BCUT2D eigenvalue weighted by Gasteiger charge is 2.20. The van der Waals surface area contributed by atoms with Gasteiger partial charge in [0.2, 0.25) is 0 Å². The van der Waals surface area contributed by atoms with Crippen LogP contribution in [-0.2, 0) is 0 Å². The zero-order valence-corrected chi connectivity index (χ0v) is 7.19. The van der Waals surface area contributed by atoms with Crippen LogP contribution in [-0.4, -0.2) is 9.97 Å². The fourth-order valence-electron chi connectivity index (χ4n) is 1.16. The van der Waals surface area contributed by atoms with Crippen molar-refractivity contribution in [2.75, 3.05) is 0 Å². The van der Waals surface area contributed by atoms with E-state index in [1.165, 1.54) is 12.4 Å². The summed E-state index contributed by atoms with van der Waals surface area (Å²) in [4.78, 5) is 6.07. The lowest BCUT2D eigenvalue weighted by molar-refractivity contribution is 0.410. The Kier molecular flexibility index (Phi) is 2.18. The minimum Gasteiger partial charge on any atom is -0.345 e. The molecule has 0 fully saturated rings. The molecule has 2 nitrogen and oxygen atoms in total. The highest BCUT2D eigenvalue weighted by atomic mass is 19.2. The lowest BCUT2D eigenvalue weighted by Gasteiger charge is -2.02. The molecular formula is C9H4F4N2. The molecule has 2 rings (SSSR count). The van der Waals surface area contributed by atoms with Gasteiger partial charge >= 0.3 is 0 Å². The van der Waals surface area contributed by atoms with Gasteiger partial charge in [-0.25, -0.2) is 22.5 Å². The Morgan fingerprint density at radius 1 is 1.00 bits per heavy atom. The van der Waals surface area contributed by atoms with Crippen molar-refractivity contribution in [3.63, 3.8) is 0 Å². The van der Waals surface area contributed by atoms with Gasteiger partial charge in [-0.3, -0.25) is 0 Å². The summed E-state index contributed by atoms with van der Waals surface area (Å²) in [5.41, 5.74) is -0.448. The molecule has 1 aromatic carbocycles. The number of imidazole rings is 1. The Morgan fingerprint density at radius 2 is 1.73 bits per heavy atom. The summed E-state index contributed by atoms with van der Waals surface area (Å²) in [6.07, 6.45) is 2.64. The van der Waals surface area contributed by atoms with E-state index >= 15 is 0 Å². The topological polar surface area (TPSA) is 28.7 Å². The second-order valence-electron chi connectivity index (χ2n) is 2.79. The average Bonchev–Trinajstić information content (AvgIpc) is 2.73. The second-order valence-corrected chi connectivity index (χ2v) is 2.79. The van der Waals surface area contributed by atoms with E-state index in [0.717, 1.165) is 0 Å². The maximum absolute atomic E-state index is 13.2. The Balaban J connectivity index is 2.69. The number of hydrogen-bond donors (Lipinski definition) is 1. The van der Waals surface area contributed by atoms with Crippen molar-refractivity contribution in [1.29, 1.82) is 0 Å². The molecule has 0 aliphatic carbocycles. The molecule has 1 aromatic heterocycles. The first kappa shape index (κ1) is 9.70. The van der Waals surface area contributed by atoms with Crippen molar-refractivity contribution in [3.8, 4) is 11.4 Å². The van der Waals surface area contributed by atoms with Gasteiger partial charge in [0.1, 0.15) is 5.82 Å². The van der Waals surface area contributed by atoms with Crippen LogP contribution in [0.15, 0.2) is 18.5 Å². The lowest BCUT2D eigenvalue weighted by Crippen LogP contribution is -1.99. The minimum atomic E-state index is -1.85. The molecule has 0 radical (unpaired) electrons. The summed E-state index contributed by atoms with van der Waals surface area (Å²) < 4.78 is 51.4. The number of halogens is 4. The van der Waals surface area contributed by atoms with Crippen LogP contribution in [0.25, 0.3) is 11.4 Å². The van der Waals surface area contributed by atoms with Crippen molar-refractivity contribution in [2.24, 2.45) is 0 Å². The van der Waals surface area contributed by atoms with E-state index in [4.69, 9.17) is 0 Å². The van der Waals surface area contributed by atoms with Crippen molar-refractivity contribution in [2.45, 2.75) is 0 Å². The van der Waals surface area contributed by atoms with Crippen LogP contribution in [0, 0.1) is 23.3 Å². The summed E-state index contributed by atoms with van der Waals surface area (Å²) in [5.74, 6) is -6.67. The highest BCUT2D eigenvalue weighted by Crippen LogP contribution is 2.25. The summed E-state index contributed by atoms with van der Waals surface area (Å²) >= 11 is 0. The third-order valence-corrected chi connectivity index (χ3v) is 1.86. The van der Waals surface area contributed by atoms with Crippen molar-refractivity contribution in [3.05, 3.63) is 41.7 Å². The third kappa shape index (κ3) is 1.47. The van der Waals surface area contributed by atoms with Gasteiger partial charge in [0.25, 0.3) is 0 Å². The molecule has 0 aliphatic heterocycles. The van der Waals surface area contributed by atoms with E-state index in [1.807, 2.05) is 0 Å². The number of nitrogens with one attached hydrogen (secondary N) is 1. The van der Waals surface area contributed by atoms with Crippen LogP contribution in [0.3, 0.4) is 0 Å². The van der Waals surface area contributed by atoms with Gasteiger partial charge in [-0.1, -0.05) is 0 Å². The standard InChI is InChI=1S/C9H4F4N2/c10-5-3-4(9-14-1-2-15-9)6(11)8(13)7(5)12/h1-3H,(H,14,15). The second kappa shape index (κ2) is 3.38. The molecule has 78 valence electrons. The molecule has 2 aromatic rings. The van der Waals surface area contributed by atoms with Gasteiger partial charge in [-0.05, 0) is 6.07 Å². The molecule has 15 heavy (non-hydrogen) atoms. The summed E-state index contributed by atoms with van der Waals surface area (Å²) in [6, 6.07) is 0.548. The van der Waals surface area contributed by atoms with Crippen molar-refractivity contribution < 1.29 is 17.6 Å². The summed E-state index contributed by atoms with van der Waals surface area (Å²) in [6.45, 7) is 0. The van der Waals surface area contributed by atoms with Crippen LogP contribution >= 0.6 is 0 Å². The molecule has 0 bridgehead atoms. The third-order valence-electron chi connectivity index (χ3n) is 1.86. The molecule has 1 heterocycles. The average molecular weight is 216 g/mol. The molecule has 0 spiro atoms. The summed E-state index contributed by atoms with van der Waals surface area (Å²) in [7, 11) is 0. The number of hydrogen-bond acceptors (Lipinski definition) is 1. The first-order valence-electron chi connectivity index (χ1n) is 3.94. The number of aromatic amines is 1. The molecule has 6 heteroatoms. The number of H-pyrrole nitrogens is 1. The van der Waals surface area contributed by atoms with Gasteiger partial charge in [0.15, 0.2) is 23.3 Å². The van der Waals surface area contributed by atoms with Gasteiger partial charge in [-0.2, -0.15) is 0 Å². The van der Waals surface area contributed by atoms with E-state index in [1.54, 1.807) is 0 Å². The maximum atomic E-state index is 13.2. The molecule has 1 N–H and O–H groups in total. The van der Waals surface area contributed by atoms with Crippen LogP contribution in [0.4, 0.5) is 17.6 Å². The van der Waals surface area contributed by atoms with E-state index in [9.17, 15) is 17.6 Å². The minimum absolute atomic E-state index is 0.0645. The number of nitrogens with zero attached hydrogens (tertiary/aromatic N) is 1. The van der Waals surface area contributed by atoms with Crippen LogP contribution < -0.4 is 0 Å². The Hall–Kier alpha value is -1.85. The molecule has 0 saturated carbocycles. The van der Waals surface area contributed by atoms with Gasteiger partial charge in [0, 0.05) is 12.4 Å². The van der Waals surface area contributed by atoms with Gasteiger partial charge in [-0.15, -0.1) is 0 Å². The maximum Gasteiger partial charge on any atom is 0.198 e. The van der Waals surface area contributed by atoms with E-state index in [-0.39, 0.29) is 5.82 Å². The quantitative estimate of drug-likeness (QED) is 0.443. The van der Waals surface area contributed by atoms with Crippen molar-refractivity contribution >= 4 is 0 Å². The molecule has 0 saturated heterocycles. The predicted molar refractivity (Wildman–Crippen MR) is 43.9 cm³/mol. The first-order chi connectivity index (χ1) is 7.11. The van der Waals surface area contributed by atoms with Crippen LogP contribution in [0.2, 0.25) is 0 Å². The number of rotatable bonds is 1.